The lowest BCUT2D eigenvalue weighted by Crippen LogP contribution is -2.38. The molecule has 4 nitrogen and oxygen atoms in total. The topological polar surface area (TPSA) is 38.1 Å². The van der Waals surface area contributed by atoms with Gasteiger partial charge in [-0.2, -0.15) is 0 Å². The van der Waals surface area contributed by atoms with Crippen molar-refractivity contribution in [3.63, 3.8) is 0 Å². The molecule has 1 aromatic carbocycles. The van der Waals surface area contributed by atoms with Crippen molar-refractivity contribution in [2.45, 2.75) is 25.3 Å². The smallest absolute Gasteiger partial charge is 0.256 e. The third kappa shape index (κ3) is 2.48. The Labute approximate surface area is 141 Å². The fourth-order valence-electron chi connectivity index (χ4n) is 3.72. The van der Waals surface area contributed by atoms with Gasteiger partial charge in [0, 0.05) is 36.9 Å². The van der Waals surface area contributed by atoms with E-state index < -0.39 is 0 Å². The van der Waals surface area contributed by atoms with Crippen LogP contribution in [-0.2, 0) is 7.05 Å². The summed E-state index contributed by atoms with van der Waals surface area (Å²) in [7, 11) is 1.99. The number of amides is 1. The molecule has 3 heterocycles. The Morgan fingerprint density at radius 1 is 1.12 bits per heavy atom. The van der Waals surface area contributed by atoms with Gasteiger partial charge < -0.3 is 9.47 Å². The molecule has 3 aromatic rings. The van der Waals surface area contributed by atoms with Crippen molar-refractivity contribution in [3.8, 4) is 0 Å². The van der Waals surface area contributed by atoms with Crippen LogP contribution in [0.4, 0.5) is 0 Å². The lowest BCUT2D eigenvalue weighted by molar-refractivity contribution is 0.0608. The summed E-state index contributed by atoms with van der Waals surface area (Å²) < 4.78 is 2.03. The lowest BCUT2D eigenvalue weighted by atomic mass is 9.97. The molecule has 122 valence electrons. The summed E-state index contributed by atoms with van der Waals surface area (Å²) in [5.74, 6) is 0.113. The van der Waals surface area contributed by atoms with Crippen molar-refractivity contribution in [1.29, 1.82) is 0 Å². The van der Waals surface area contributed by atoms with E-state index in [-0.39, 0.29) is 11.9 Å². The van der Waals surface area contributed by atoms with Crippen LogP contribution in [0.15, 0.2) is 54.9 Å². The Balaban J connectivity index is 1.74. The molecule has 0 radical (unpaired) electrons. The highest BCUT2D eigenvalue weighted by Crippen LogP contribution is 2.32. The van der Waals surface area contributed by atoms with Crippen molar-refractivity contribution < 1.29 is 4.79 Å². The van der Waals surface area contributed by atoms with Gasteiger partial charge in [0.15, 0.2) is 0 Å². The summed E-state index contributed by atoms with van der Waals surface area (Å²) in [6.07, 6.45) is 6.94. The van der Waals surface area contributed by atoms with E-state index in [9.17, 15) is 4.79 Å². The fraction of sp³-hybridized carbons (Fsp3) is 0.300. The molecule has 0 saturated carbocycles. The Bertz CT molecular complexity index is 869. The van der Waals surface area contributed by atoms with Gasteiger partial charge in [-0.1, -0.05) is 24.3 Å². The quantitative estimate of drug-likeness (QED) is 0.717. The summed E-state index contributed by atoms with van der Waals surface area (Å²) in [5, 5.41) is 1.02. The predicted octanol–water partition coefficient (Wildman–Crippen LogP) is 3.94. The molecule has 0 unspecified atom stereocenters. The molecule has 1 atom stereocenters. The zero-order chi connectivity index (χ0) is 16.5. The first-order chi connectivity index (χ1) is 11.8. The van der Waals surface area contributed by atoms with Crippen LogP contribution in [0.5, 0.6) is 0 Å². The Hall–Kier alpha value is -2.62. The minimum absolute atomic E-state index is 0.0754. The molecule has 4 rings (SSSR count). The zero-order valence-electron chi connectivity index (χ0n) is 13.9. The van der Waals surface area contributed by atoms with Crippen LogP contribution in [0.2, 0.25) is 0 Å². The molecular formula is C20H21N3O. The van der Waals surface area contributed by atoms with Crippen molar-refractivity contribution >= 4 is 16.8 Å². The third-order valence-electron chi connectivity index (χ3n) is 4.92. The van der Waals surface area contributed by atoms with Gasteiger partial charge in [0.05, 0.1) is 17.3 Å². The van der Waals surface area contributed by atoms with Crippen LogP contribution >= 0.6 is 0 Å². The van der Waals surface area contributed by atoms with Gasteiger partial charge in [-0.05, 0) is 37.5 Å². The summed E-state index contributed by atoms with van der Waals surface area (Å²) in [5.41, 5.74) is 2.87. The second-order valence-corrected chi connectivity index (χ2v) is 6.44. The standard InChI is InChI=1S/C20H21N3O/c1-22-14-16(15-8-2-3-10-18(15)22)20(24)23-13-7-5-11-19(23)17-9-4-6-12-21-17/h2-4,6,8-10,12,14,19H,5,7,11,13H2,1H3/t19-/m1/s1. The van der Waals surface area contributed by atoms with Crippen LogP contribution in [0.25, 0.3) is 10.9 Å². The maximum Gasteiger partial charge on any atom is 0.256 e. The second-order valence-electron chi connectivity index (χ2n) is 6.44. The van der Waals surface area contributed by atoms with Crippen LogP contribution in [0, 0.1) is 0 Å². The van der Waals surface area contributed by atoms with Gasteiger partial charge in [0.1, 0.15) is 0 Å². The number of carbonyl (C=O) groups is 1. The van der Waals surface area contributed by atoms with Crippen molar-refractivity contribution in [1.82, 2.24) is 14.5 Å². The van der Waals surface area contributed by atoms with E-state index in [4.69, 9.17) is 0 Å². The molecule has 2 aromatic heterocycles. The van der Waals surface area contributed by atoms with Gasteiger partial charge in [-0.3, -0.25) is 9.78 Å². The van der Waals surface area contributed by atoms with E-state index >= 15 is 0 Å². The van der Waals surface area contributed by atoms with Gasteiger partial charge in [-0.15, -0.1) is 0 Å². The van der Waals surface area contributed by atoms with Gasteiger partial charge in [0.2, 0.25) is 0 Å². The Morgan fingerprint density at radius 2 is 1.96 bits per heavy atom. The first-order valence-electron chi connectivity index (χ1n) is 8.51. The second kappa shape index (κ2) is 6.11. The molecule has 1 amide bonds. The maximum atomic E-state index is 13.3. The van der Waals surface area contributed by atoms with E-state index in [1.807, 2.05) is 65.3 Å². The highest BCUT2D eigenvalue weighted by molar-refractivity contribution is 6.07. The molecule has 24 heavy (non-hydrogen) atoms. The minimum atomic E-state index is 0.0754. The van der Waals surface area contributed by atoms with Crippen LogP contribution in [-0.4, -0.2) is 26.9 Å². The number of rotatable bonds is 2. The highest BCUT2D eigenvalue weighted by atomic mass is 16.2. The Kier molecular flexibility index (Phi) is 3.81. The molecule has 0 aliphatic carbocycles. The molecule has 1 saturated heterocycles. The largest absolute Gasteiger partial charge is 0.350 e. The number of pyridine rings is 1. The van der Waals surface area contributed by atoms with Crippen LogP contribution in [0.1, 0.15) is 41.4 Å². The predicted molar refractivity (Wildman–Crippen MR) is 94.8 cm³/mol. The van der Waals surface area contributed by atoms with Crippen molar-refractivity contribution in [2.75, 3.05) is 6.54 Å². The number of likely N-dealkylation sites (tertiary alicyclic amines) is 1. The molecule has 0 bridgehead atoms. The van der Waals surface area contributed by atoms with E-state index in [1.54, 1.807) is 0 Å². The molecule has 0 N–H and O–H groups in total. The number of hydrogen-bond acceptors (Lipinski definition) is 2. The summed E-state index contributed by atoms with van der Waals surface area (Å²) in [6, 6.07) is 14.1. The molecule has 1 aliphatic rings. The fourth-order valence-corrected chi connectivity index (χ4v) is 3.72. The Morgan fingerprint density at radius 3 is 2.79 bits per heavy atom. The number of piperidine rings is 1. The lowest BCUT2D eigenvalue weighted by Gasteiger charge is -2.35. The molecule has 4 heteroatoms. The van der Waals surface area contributed by atoms with Crippen molar-refractivity contribution in [2.24, 2.45) is 7.05 Å². The van der Waals surface area contributed by atoms with E-state index in [0.717, 1.165) is 48.0 Å². The van der Waals surface area contributed by atoms with Crippen LogP contribution in [0.3, 0.4) is 0 Å². The van der Waals surface area contributed by atoms with E-state index in [1.165, 1.54) is 0 Å². The van der Waals surface area contributed by atoms with E-state index in [0.29, 0.717) is 0 Å². The number of fused-ring (bicyclic) bond motifs is 1. The molecule has 0 spiro atoms. The number of aryl methyl sites for hydroxylation is 1. The number of benzene rings is 1. The first kappa shape index (κ1) is 14.9. The highest BCUT2D eigenvalue weighted by Gasteiger charge is 2.30. The summed E-state index contributed by atoms with van der Waals surface area (Å²) >= 11 is 0. The SMILES string of the molecule is Cn1cc(C(=O)N2CCCC[C@@H]2c2ccccn2)c2ccccc21. The van der Waals surface area contributed by atoms with Gasteiger partial charge in [-0.25, -0.2) is 0 Å². The number of para-hydroxylation sites is 1. The summed E-state index contributed by atoms with van der Waals surface area (Å²) in [4.78, 5) is 19.8. The molecular weight excluding hydrogens is 298 g/mol. The maximum absolute atomic E-state index is 13.3. The monoisotopic (exact) mass is 319 g/mol. The number of hydrogen-bond donors (Lipinski definition) is 0. The number of carbonyl (C=O) groups excluding carboxylic acids is 1. The first-order valence-corrected chi connectivity index (χ1v) is 8.51. The molecule has 1 aliphatic heterocycles. The molecule has 1 fully saturated rings. The third-order valence-corrected chi connectivity index (χ3v) is 4.92. The van der Waals surface area contributed by atoms with Crippen LogP contribution < -0.4 is 0 Å². The van der Waals surface area contributed by atoms with Gasteiger partial charge >= 0.3 is 0 Å². The average molecular weight is 319 g/mol. The summed E-state index contributed by atoms with van der Waals surface area (Å²) in [6.45, 7) is 0.795. The number of aromatic nitrogens is 2. The zero-order valence-corrected chi connectivity index (χ0v) is 13.9. The average Bonchev–Trinajstić information content (AvgIpc) is 2.99. The van der Waals surface area contributed by atoms with E-state index in [2.05, 4.69) is 11.1 Å². The normalized spacial score (nSPS) is 18.0. The minimum Gasteiger partial charge on any atom is -0.350 e. The van der Waals surface area contributed by atoms with Crippen molar-refractivity contribution in [3.05, 3.63) is 66.1 Å². The number of nitrogens with zero attached hydrogens (tertiary/aromatic N) is 3. The van der Waals surface area contributed by atoms with Gasteiger partial charge in [0.25, 0.3) is 5.91 Å².